The van der Waals surface area contributed by atoms with Crippen molar-refractivity contribution in [2.24, 2.45) is 0 Å². The van der Waals surface area contributed by atoms with Crippen LogP contribution in [-0.4, -0.2) is 16.1 Å². The number of rotatable bonds is 7. The Morgan fingerprint density at radius 3 is 2.38 bits per heavy atom. The van der Waals surface area contributed by atoms with Gasteiger partial charge in [0.15, 0.2) is 5.76 Å². The predicted molar refractivity (Wildman–Crippen MR) is 119 cm³/mol. The highest BCUT2D eigenvalue weighted by Gasteiger charge is 2.21. The lowest BCUT2D eigenvalue weighted by atomic mass is 10.1. The number of amides is 1. The highest BCUT2D eigenvalue weighted by Crippen LogP contribution is 2.36. The monoisotopic (exact) mass is 420 g/mol. The molecule has 6 heteroatoms. The Labute approximate surface area is 178 Å². The molecule has 4 rings (SSSR count). The molecule has 0 bridgehead atoms. The van der Waals surface area contributed by atoms with Crippen LogP contribution in [0.5, 0.6) is 0 Å². The molecule has 29 heavy (non-hydrogen) atoms. The van der Waals surface area contributed by atoms with Crippen LogP contribution in [0.2, 0.25) is 0 Å². The van der Waals surface area contributed by atoms with E-state index in [1.165, 1.54) is 11.8 Å². The molecule has 2 aromatic carbocycles. The third-order valence-corrected chi connectivity index (χ3v) is 6.17. The predicted octanol–water partition coefficient (Wildman–Crippen LogP) is 5.87. The third kappa shape index (κ3) is 4.78. The van der Waals surface area contributed by atoms with Crippen molar-refractivity contribution in [3.8, 4) is 22.6 Å². The Balaban J connectivity index is 1.54. The minimum absolute atomic E-state index is 0.0378. The number of benzene rings is 2. The van der Waals surface area contributed by atoms with Crippen LogP contribution in [-0.2, 0) is 11.3 Å². The number of hydrogen-bond acceptors (Lipinski definition) is 5. The summed E-state index contributed by atoms with van der Waals surface area (Å²) in [7, 11) is 0. The van der Waals surface area contributed by atoms with E-state index in [-0.39, 0.29) is 11.2 Å². The Morgan fingerprint density at radius 1 is 1.03 bits per heavy atom. The lowest BCUT2D eigenvalue weighted by Gasteiger charge is -2.09. The lowest BCUT2D eigenvalue weighted by Crippen LogP contribution is -2.30. The van der Waals surface area contributed by atoms with Crippen LogP contribution in [0.1, 0.15) is 11.8 Å². The van der Waals surface area contributed by atoms with E-state index in [4.69, 9.17) is 9.40 Å². The summed E-state index contributed by atoms with van der Waals surface area (Å²) in [5.41, 5.74) is 2.72. The molecule has 0 radical (unpaired) electrons. The fourth-order valence-electron chi connectivity index (χ4n) is 2.86. The smallest absolute Gasteiger partial charge is 0.257 e. The van der Waals surface area contributed by atoms with Crippen molar-refractivity contribution in [3.63, 3.8) is 0 Å². The number of carbonyl (C=O) groups is 1. The summed E-state index contributed by atoms with van der Waals surface area (Å²) in [6, 6.07) is 23.9. The van der Waals surface area contributed by atoms with Crippen LogP contribution >= 0.6 is 23.1 Å². The number of thioether (sulfide) groups is 1. The maximum absolute atomic E-state index is 12.5. The highest BCUT2D eigenvalue weighted by atomic mass is 32.2. The first-order valence-corrected chi connectivity index (χ1v) is 11.0. The van der Waals surface area contributed by atoms with Crippen LogP contribution in [0, 0.1) is 0 Å². The first-order valence-electron chi connectivity index (χ1n) is 9.29. The van der Waals surface area contributed by atoms with Gasteiger partial charge in [-0.3, -0.25) is 4.79 Å². The summed E-state index contributed by atoms with van der Waals surface area (Å²) in [6.07, 6.45) is 0. The van der Waals surface area contributed by atoms with Gasteiger partial charge in [-0.25, -0.2) is 4.98 Å². The summed E-state index contributed by atoms with van der Waals surface area (Å²) in [6.45, 7) is 2.40. The molecule has 0 spiro atoms. The quantitative estimate of drug-likeness (QED) is 0.380. The Bertz CT molecular complexity index is 1000. The van der Waals surface area contributed by atoms with Crippen molar-refractivity contribution >= 4 is 29.0 Å². The normalized spacial score (nSPS) is 11.9. The van der Waals surface area contributed by atoms with Gasteiger partial charge in [0, 0.05) is 16.0 Å². The molecule has 1 amide bonds. The van der Waals surface area contributed by atoms with Gasteiger partial charge in [0.2, 0.25) is 5.91 Å². The summed E-state index contributed by atoms with van der Waals surface area (Å²) in [5, 5.41) is 5.14. The number of hydrogen-bond donors (Lipinski definition) is 1. The molecule has 4 aromatic rings. The molecule has 0 saturated carbocycles. The molecule has 0 saturated heterocycles. The second-order valence-corrected chi connectivity index (χ2v) is 8.77. The van der Waals surface area contributed by atoms with E-state index < -0.39 is 0 Å². The molecule has 1 atom stereocenters. The van der Waals surface area contributed by atoms with Crippen LogP contribution in [0.25, 0.3) is 22.6 Å². The molecule has 2 heterocycles. The van der Waals surface area contributed by atoms with Gasteiger partial charge in [-0.2, -0.15) is 0 Å². The van der Waals surface area contributed by atoms with Crippen LogP contribution in [0.4, 0.5) is 0 Å². The zero-order valence-corrected chi connectivity index (χ0v) is 17.5. The molecule has 1 N–H and O–H groups in total. The van der Waals surface area contributed by atoms with E-state index in [1.807, 2.05) is 85.1 Å². The first kappa shape index (κ1) is 19.5. The fourth-order valence-corrected chi connectivity index (χ4v) is 4.28. The van der Waals surface area contributed by atoms with E-state index >= 15 is 0 Å². The number of nitrogens with one attached hydrogen (secondary N) is 1. The minimum Gasteiger partial charge on any atom is -0.431 e. The van der Waals surface area contributed by atoms with Gasteiger partial charge >= 0.3 is 0 Å². The molecule has 4 nitrogen and oxygen atoms in total. The fraction of sp³-hybridized carbons (Fsp3) is 0.130. The van der Waals surface area contributed by atoms with Crippen molar-refractivity contribution in [2.45, 2.75) is 23.9 Å². The second kappa shape index (κ2) is 9.11. The number of carbonyl (C=O) groups excluding carboxylic acids is 1. The molecule has 0 aliphatic heterocycles. The van der Waals surface area contributed by atoms with Gasteiger partial charge in [-0.05, 0) is 18.4 Å². The van der Waals surface area contributed by atoms with Gasteiger partial charge in [-0.15, -0.1) is 11.3 Å². The first-order chi connectivity index (χ1) is 14.2. The molecule has 0 aliphatic carbocycles. The van der Waals surface area contributed by atoms with Gasteiger partial charge in [-0.1, -0.05) is 78.5 Å². The van der Waals surface area contributed by atoms with Gasteiger partial charge in [0.05, 0.1) is 11.8 Å². The topological polar surface area (TPSA) is 55.1 Å². The molecular formula is C23H20N2O2S2. The van der Waals surface area contributed by atoms with Crippen LogP contribution in [0.15, 0.2) is 87.8 Å². The van der Waals surface area contributed by atoms with E-state index in [0.29, 0.717) is 17.5 Å². The average molecular weight is 421 g/mol. The van der Waals surface area contributed by atoms with E-state index in [9.17, 15) is 4.79 Å². The maximum Gasteiger partial charge on any atom is 0.257 e. The van der Waals surface area contributed by atoms with E-state index in [0.717, 1.165) is 21.7 Å². The standard InChI is InChI=1S/C23H20N2O2S2/c1-16(22(26)24-15-19-13-8-14-28-19)29-23-25-20(17-9-4-2-5-10-17)21(27-23)18-11-6-3-7-12-18/h2-14,16H,15H2,1H3,(H,24,26)/t16-/m1/s1. The van der Waals surface area contributed by atoms with E-state index in [1.54, 1.807) is 11.3 Å². The molecule has 146 valence electrons. The molecular weight excluding hydrogens is 400 g/mol. The number of nitrogens with zero attached hydrogens (tertiary/aromatic N) is 1. The van der Waals surface area contributed by atoms with Gasteiger partial charge in [0.1, 0.15) is 5.69 Å². The van der Waals surface area contributed by atoms with E-state index in [2.05, 4.69) is 5.32 Å². The van der Waals surface area contributed by atoms with Crippen LogP contribution in [0.3, 0.4) is 0 Å². The zero-order valence-electron chi connectivity index (χ0n) is 15.9. The Kier molecular flexibility index (Phi) is 6.12. The molecule has 2 aromatic heterocycles. The second-order valence-electron chi connectivity index (χ2n) is 6.45. The van der Waals surface area contributed by atoms with Gasteiger partial charge < -0.3 is 9.73 Å². The molecule has 0 aliphatic rings. The zero-order chi connectivity index (χ0) is 20.1. The summed E-state index contributed by atoms with van der Waals surface area (Å²) in [4.78, 5) is 18.3. The Morgan fingerprint density at radius 2 is 1.72 bits per heavy atom. The van der Waals surface area contributed by atoms with Crippen molar-refractivity contribution in [1.82, 2.24) is 10.3 Å². The maximum atomic E-state index is 12.5. The molecule has 0 fully saturated rings. The van der Waals surface area contributed by atoms with Gasteiger partial charge in [0.25, 0.3) is 5.22 Å². The largest absolute Gasteiger partial charge is 0.431 e. The van der Waals surface area contributed by atoms with Crippen molar-refractivity contribution < 1.29 is 9.21 Å². The summed E-state index contributed by atoms with van der Waals surface area (Å²) >= 11 is 2.96. The van der Waals surface area contributed by atoms with Crippen molar-refractivity contribution in [2.75, 3.05) is 0 Å². The summed E-state index contributed by atoms with van der Waals surface area (Å²) in [5.74, 6) is 0.676. The number of thiophene rings is 1. The highest BCUT2D eigenvalue weighted by molar-refractivity contribution is 8.00. The van der Waals surface area contributed by atoms with Crippen molar-refractivity contribution in [1.29, 1.82) is 0 Å². The minimum atomic E-state index is -0.319. The Hall–Kier alpha value is -2.83. The molecule has 0 unspecified atom stereocenters. The SMILES string of the molecule is C[C@@H](Sc1nc(-c2ccccc2)c(-c2ccccc2)o1)C(=O)NCc1cccs1. The van der Waals surface area contributed by atoms with Crippen molar-refractivity contribution in [3.05, 3.63) is 83.1 Å². The average Bonchev–Trinajstić information content (AvgIpc) is 3.43. The number of oxazole rings is 1. The third-order valence-electron chi connectivity index (χ3n) is 4.35. The summed E-state index contributed by atoms with van der Waals surface area (Å²) < 4.78 is 6.10. The van der Waals surface area contributed by atoms with Crippen LogP contribution < -0.4 is 5.32 Å². The lowest BCUT2D eigenvalue weighted by molar-refractivity contribution is -0.120. The number of aromatic nitrogens is 1.